The average molecular weight is 377 g/mol. The number of piperazine rings is 1. The highest BCUT2D eigenvalue weighted by atomic mass is 35.5. The summed E-state index contributed by atoms with van der Waals surface area (Å²) in [5.74, 6) is -0.636. The first-order valence-electron chi connectivity index (χ1n) is 6.91. The Morgan fingerprint density at radius 1 is 1.13 bits per heavy atom. The molecule has 1 atom stereocenters. The average Bonchev–Trinajstić information content (AvgIpc) is 2.43. The molecule has 1 aromatic carbocycles. The molecule has 0 aromatic heterocycles. The molecule has 1 aliphatic heterocycles. The number of nitrogens with one attached hydrogen (secondary N) is 1. The number of aromatic hydroxyl groups is 2. The fraction of sp³-hybridized carbons (Fsp3) is 0.571. The number of phenols is 2. The van der Waals surface area contributed by atoms with Gasteiger partial charge in [0, 0.05) is 44.2 Å². The van der Waals surface area contributed by atoms with Gasteiger partial charge in [-0.2, -0.15) is 13.2 Å². The molecule has 1 aromatic rings. The Bertz CT molecular complexity index is 484. The zero-order chi connectivity index (χ0) is 15.5. The van der Waals surface area contributed by atoms with Crippen molar-refractivity contribution in [2.75, 3.05) is 26.2 Å². The third kappa shape index (κ3) is 6.25. The van der Waals surface area contributed by atoms with Crippen LogP contribution in [0.4, 0.5) is 13.2 Å². The predicted octanol–water partition coefficient (Wildman–Crippen LogP) is 3.23. The quantitative estimate of drug-likeness (QED) is 0.706. The van der Waals surface area contributed by atoms with Gasteiger partial charge in [-0.25, -0.2) is 0 Å². The van der Waals surface area contributed by atoms with Gasteiger partial charge in [0.2, 0.25) is 0 Å². The summed E-state index contributed by atoms with van der Waals surface area (Å²) in [5, 5.41) is 22.7. The first-order chi connectivity index (χ1) is 9.88. The van der Waals surface area contributed by atoms with E-state index in [1.165, 1.54) is 12.1 Å². The Hall–Kier alpha value is -0.890. The monoisotopic (exact) mass is 376 g/mol. The number of nitrogens with zero attached hydrogens (tertiary/aromatic N) is 1. The van der Waals surface area contributed by atoms with Crippen LogP contribution in [0.1, 0.15) is 24.4 Å². The molecule has 0 spiro atoms. The Kier molecular flexibility index (Phi) is 9.05. The molecule has 0 bridgehead atoms. The first-order valence-corrected chi connectivity index (χ1v) is 6.91. The Balaban J connectivity index is 0.00000242. The van der Waals surface area contributed by atoms with Gasteiger partial charge >= 0.3 is 6.18 Å². The second-order valence-electron chi connectivity index (χ2n) is 5.17. The Morgan fingerprint density at radius 3 is 2.30 bits per heavy atom. The van der Waals surface area contributed by atoms with Gasteiger partial charge in [0.15, 0.2) is 11.5 Å². The molecule has 9 heteroatoms. The fourth-order valence-corrected chi connectivity index (χ4v) is 2.65. The van der Waals surface area contributed by atoms with Crippen molar-refractivity contribution in [3.05, 3.63) is 23.8 Å². The maximum Gasteiger partial charge on any atom is 0.389 e. The van der Waals surface area contributed by atoms with Crippen molar-refractivity contribution in [2.45, 2.75) is 25.1 Å². The third-order valence-corrected chi connectivity index (χ3v) is 3.70. The van der Waals surface area contributed by atoms with E-state index in [-0.39, 0.29) is 42.7 Å². The van der Waals surface area contributed by atoms with Gasteiger partial charge in [0.05, 0.1) is 0 Å². The summed E-state index contributed by atoms with van der Waals surface area (Å²) in [4.78, 5) is 1.91. The van der Waals surface area contributed by atoms with E-state index in [4.69, 9.17) is 0 Å². The van der Waals surface area contributed by atoms with Gasteiger partial charge in [-0.15, -0.1) is 24.8 Å². The van der Waals surface area contributed by atoms with Crippen LogP contribution in [-0.2, 0) is 0 Å². The highest BCUT2D eigenvalue weighted by Crippen LogP contribution is 2.39. The Labute approximate surface area is 145 Å². The molecule has 2 rings (SSSR count). The molecule has 4 nitrogen and oxygen atoms in total. The standard InChI is InChI=1S/C14H19F3N2O2.2ClH/c15-14(16,17)5-4-11(19-8-6-18-7-9-19)10-2-1-3-12(20)13(10)21;;/h1-3,11,18,20-21H,4-9H2;2*1H/t11-;;/m0../s1. The minimum absolute atomic E-state index is 0. The number of para-hydroxylation sites is 1. The van der Waals surface area contributed by atoms with E-state index in [1.54, 1.807) is 6.07 Å². The van der Waals surface area contributed by atoms with Gasteiger partial charge in [-0.1, -0.05) is 12.1 Å². The number of hydrogen-bond acceptors (Lipinski definition) is 4. The maximum absolute atomic E-state index is 12.5. The highest BCUT2D eigenvalue weighted by molar-refractivity contribution is 5.85. The molecule has 1 aliphatic rings. The lowest BCUT2D eigenvalue weighted by atomic mass is 9.98. The van der Waals surface area contributed by atoms with Gasteiger partial charge in [0.1, 0.15) is 0 Å². The molecule has 0 aliphatic carbocycles. The molecule has 3 N–H and O–H groups in total. The molecule has 134 valence electrons. The number of alkyl halides is 3. The van der Waals surface area contributed by atoms with Gasteiger partial charge in [0.25, 0.3) is 0 Å². The topological polar surface area (TPSA) is 55.7 Å². The van der Waals surface area contributed by atoms with Crippen LogP contribution in [0.15, 0.2) is 18.2 Å². The van der Waals surface area contributed by atoms with Crippen molar-refractivity contribution >= 4 is 24.8 Å². The number of halogens is 5. The third-order valence-electron chi connectivity index (χ3n) is 3.70. The summed E-state index contributed by atoms with van der Waals surface area (Å²) in [7, 11) is 0. The van der Waals surface area contributed by atoms with Crippen LogP contribution in [0, 0.1) is 0 Å². The van der Waals surface area contributed by atoms with Crippen LogP contribution in [0.2, 0.25) is 0 Å². The molecule has 0 unspecified atom stereocenters. The van der Waals surface area contributed by atoms with Crippen molar-refractivity contribution in [1.82, 2.24) is 10.2 Å². The zero-order valence-electron chi connectivity index (χ0n) is 12.3. The van der Waals surface area contributed by atoms with Crippen LogP contribution in [-0.4, -0.2) is 47.5 Å². The molecule has 0 amide bonds. The minimum Gasteiger partial charge on any atom is -0.504 e. The van der Waals surface area contributed by atoms with Crippen molar-refractivity contribution in [2.24, 2.45) is 0 Å². The summed E-state index contributed by atoms with van der Waals surface area (Å²) in [6.07, 6.45) is -5.30. The van der Waals surface area contributed by atoms with Gasteiger partial charge in [-0.05, 0) is 12.5 Å². The fourth-order valence-electron chi connectivity index (χ4n) is 2.65. The van der Waals surface area contributed by atoms with E-state index in [2.05, 4.69) is 5.32 Å². The summed E-state index contributed by atoms with van der Waals surface area (Å²) >= 11 is 0. The lowest BCUT2D eigenvalue weighted by molar-refractivity contribution is -0.138. The summed E-state index contributed by atoms with van der Waals surface area (Å²) in [6, 6.07) is 3.86. The number of rotatable bonds is 4. The Morgan fingerprint density at radius 2 is 1.74 bits per heavy atom. The van der Waals surface area contributed by atoms with Crippen molar-refractivity contribution < 1.29 is 23.4 Å². The zero-order valence-corrected chi connectivity index (χ0v) is 14.0. The summed E-state index contributed by atoms with van der Waals surface area (Å²) < 4.78 is 37.6. The molecular formula is C14H21Cl2F3N2O2. The molecule has 23 heavy (non-hydrogen) atoms. The predicted molar refractivity (Wildman–Crippen MR) is 86.7 cm³/mol. The van der Waals surface area contributed by atoms with Crippen molar-refractivity contribution in [1.29, 1.82) is 0 Å². The van der Waals surface area contributed by atoms with E-state index >= 15 is 0 Å². The van der Waals surface area contributed by atoms with E-state index in [9.17, 15) is 23.4 Å². The lowest BCUT2D eigenvalue weighted by Gasteiger charge is -2.35. The number of benzene rings is 1. The van der Waals surface area contributed by atoms with Crippen LogP contribution >= 0.6 is 24.8 Å². The van der Waals surface area contributed by atoms with E-state index in [0.717, 1.165) is 0 Å². The molecule has 1 heterocycles. The normalized spacial score (nSPS) is 17.0. The van der Waals surface area contributed by atoms with Crippen LogP contribution in [0.25, 0.3) is 0 Å². The number of hydrogen-bond donors (Lipinski definition) is 3. The number of phenolic OH excluding ortho intramolecular Hbond substituents is 2. The largest absolute Gasteiger partial charge is 0.504 e. The van der Waals surface area contributed by atoms with E-state index in [1.807, 2.05) is 4.90 Å². The summed E-state index contributed by atoms with van der Waals surface area (Å²) in [5.41, 5.74) is 0.348. The molecule has 0 radical (unpaired) electrons. The molecule has 0 saturated carbocycles. The summed E-state index contributed by atoms with van der Waals surface area (Å²) in [6.45, 7) is 2.61. The second kappa shape index (κ2) is 9.42. The van der Waals surface area contributed by atoms with Crippen LogP contribution in [0.5, 0.6) is 11.5 Å². The van der Waals surface area contributed by atoms with Gasteiger partial charge < -0.3 is 15.5 Å². The first kappa shape index (κ1) is 22.1. The lowest BCUT2D eigenvalue weighted by Crippen LogP contribution is -2.45. The second-order valence-corrected chi connectivity index (χ2v) is 5.17. The smallest absolute Gasteiger partial charge is 0.389 e. The molecule has 1 fully saturated rings. The molecule has 1 saturated heterocycles. The van der Waals surface area contributed by atoms with E-state index < -0.39 is 18.6 Å². The minimum atomic E-state index is -4.24. The maximum atomic E-state index is 12.5. The van der Waals surface area contributed by atoms with Gasteiger partial charge in [-0.3, -0.25) is 4.90 Å². The van der Waals surface area contributed by atoms with Crippen molar-refractivity contribution in [3.8, 4) is 11.5 Å². The van der Waals surface area contributed by atoms with Crippen LogP contribution < -0.4 is 5.32 Å². The highest BCUT2D eigenvalue weighted by Gasteiger charge is 2.32. The molecular weight excluding hydrogens is 356 g/mol. The van der Waals surface area contributed by atoms with E-state index in [0.29, 0.717) is 31.7 Å². The van der Waals surface area contributed by atoms with Crippen LogP contribution in [0.3, 0.4) is 0 Å². The SMILES string of the molecule is Cl.Cl.Oc1cccc([C@H](CCC(F)(F)F)N2CCNCC2)c1O. The van der Waals surface area contributed by atoms with Crippen molar-refractivity contribution in [3.63, 3.8) is 0 Å².